The SMILES string of the molecule is CC1(c2ccccc2)OCCCCO1. The Balaban J connectivity index is 2.21. The van der Waals surface area contributed by atoms with Crippen LogP contribution in [0.1, 0.15) is 25.3 Å². The Hall–Kier alpha value is -0.860. The van der Waals surface area contributed by atoms with Gasteiger partial charge in [0, 0.05) is 5.56 Å². The van der Waals surface area contributed by atoms with E-state index in [0.717, 1.165) is 31.6 Å². The molecule has 1 aromatic rings. The minimum Gasteiger partial charge on any atom is -0.346 e. The second-order valence-electron chi connectivity index (χ2n) is 3.72. The van der Waals surface area contributed by atoms with E-state index in [4.69, 9.17) is 9.47 Å². The second-order valence-corrected chi connectivity index (χ2v) is 3.72. The predicted molar refractivity (Wildman–Crippen MR) is 54.9 cm³/mol. The lowest BCUT2D eigenvalue weighted by Crippen LogP contribution is -2.28. The van der Waals surface area contributed by atoms with Gasteiger partial charge in [-0.1, -0.05) is 30.3 Å². The maximum absolute atomic E-state index is 5.75. The maximum Gasteiger partial charge on any atom is 0.191 e. The fourth-order valence-corrected chi connectivity index (χ4v) is 1.69. The smallest absolute Gasteiger partial charge is 0.191 e. The van der Waals surface area contributed by atoms with Gasteiger partial charge in [-0.3, -0.25) is 0 Å². The van der Waals surface area contributed by atoms with E-state index in [-0.39, 0.29) is 0 Å². The molecule has 1 aliphatic heterocycles. The molecule has 0 aromatic heterocycles. The lowest BCUT2D eigenvalue weighted by Gasteiger charge is -2.28. The summed E-state index contributed by atoms with van der Waals surface area (Å²) in [5.74, 6) is -0.544. The number of rotatable bonds is 1. The van der Waals surface area contributed by atoms with Gasteiger partial charge in [-0.25, -0.2) is 0 Å². The van der Waals surface area contributed by atoms with Crippen LogP contribution in [-0.2, 0) is 15.3 Å². The molecule has 0 amide bonds. The summed E-state index contributed by atoms with van der Waals surface area (Å²) >= 11 is 0. The normalized spacial score (nSPS) is 21.5. The van der Waals surface area contributed by atoms with Gasteiger partial charge >= 0.3 is 0 Å². The van der Waals surface area contributed by atoms with Crippen LogP contribution >= 0.6 is 0 Å². The van der Waals surface area contributed by atoms with Crippen molar-refractivity contribution in [2.45, 2.75) is 25.6 Å². The Morgan fingerprint density at radius 1 is 1.00 bits per heavy atom. The molecule has 76 valence electrons. The molecule has 0 saturated carbocycles. The number of ether oxygens (including phenoxy) is 2. The van der Waals surface area contributed by atoms with E-state index in [2.05, 4.69) is 0 Å². The zero-order chi connectivity index (χ0) is 9.86. The molecule has 0 bridgehead atoms. The van der Waals surface area contributed by atoms with E-state index in [1.807, 2.05) is 37.3 Å². The molecule has 0 N–H and O–H groups in total. The summed E-state index contributed by atoms with van der Waals surface area (Å²) in [5, 5.41) is 0. The highest BCUT2D eigenvalue weighted by atomic mass is 16.7. The highest BCUT2D eigenvalue weighted by molar-refractivity contribution is 5.19. The Kier molecular flexibility index (Phi) is 2.85. The van der Waals surface area contributed by atoms with E-state index >= 15 is 0 Å². The van der Waals surface area contributed by atoms with E-state index < -0.39 is 5.79 Å². The molecule has 2 rings (SSSR count). The van der Waals surface area contributed by atoms with E-state index in [9.17, 15) is 0 Å². The monoisotopic (exact) mass is 192 g/mol. The Labute approximate surface area is 84.8 Å². The molecule has 2 heteroatoms. The quantitative estimate of drug-likeness (QED) is 0.681. The summed E-state index contributed by atoms with van der Waals surface area (Å²) in [4.78, 5) is 0. The lowest BCUT2D eigenvalue weighted by molar-refractivity contribution is -0.221. The van der Waals surface area contributed by atoms with Crippen LogP contribution in [0, 0.1) is 0 Å². The number of hydrogen-bond acceptors (Lipinski definition) is 2. The number of benzene rings is 1. The lowest BCUT2D eigenvalue weighted by atomic mass is 10.1. The van der Waals surface area contributed by atoms with Crippen LogP contribution in [0.15, 0.2) is 30.3 Å². The topological polar surface area (TPSA) is 18.5 Å². The van der Waals surface area contributed by atoms with Gasteiger partial charge in [0.2, 0.25) is 0 Å². The van der Waals surface area contributed by atoms with Crippen molar-refractivity contribution in [1.82, 2.24) is 0 Å². The molecular weight excluding hydrogens is 176 g/mol. The van der Waals surface area contributed by atoms with Gasteiger partial charge in [-0.05, 0) is 19.8 Å². The van der Waals surface area contributed by atoms with Crippen LogP contribution in [0.5, 0.6) is 0 Å². The van der Waals surface area contributed by atoms with E-state index in [1.54, 1.807) is 0 Å². The molecule has 1 heterocycles. The zero-order valence-electron chi connectivity index (χ0n) is 8.53. The van der Waals surface area contributed by atoms with E-state index in [1.165, 1.54) is 0 Å². The van der Waals surface area contributed by atoms with Crippen molar-refractivity contribution in [1.29, 1.82) is 0 Å². The van der Waals surface area contributed by atoms with Crippen LogP contribution in [0.4, 0.5) is 0 Å². The summed E-state index contributed by atoms with van der Waals surface area (Å²) in [6, 6.07) is 10.1. The molecule has 0 spiro atoms. The molecule has 0 unspecified atom stereocenters. The third-order valence-electron chi connectivity index (χ3n) is 2.59. The fourth-order valence-electron chi connectivity index (χ4n) is 1.69. The molecule has 14 heavy (non-hydrogen) atoms. The van der Waals surface area contributed by atoms with Gasteiger partial charge < -0.3 is 9.47 Å². The maximum atomic E-state index is 5.75. The van der Waals surface area contributed by atoms with Crippen LogP contribution in [0.2, 0.25) is 0 Å². The first-order valence-electron chi connectivity index (χ1n) is 5.15. The third-order valence-corrected chi connectivity index (χ3v) is 2.59. The first-order chi connectivity index (χ1) is 6.81. The fraction of sp³-hybridized carbons (Fsp3) is 0.500. The first kappa shape index (κ1) is 9.69. The Morgan fingerprint density at radius 2 is 1.57 bits per heavy atom. The number of hydrogen-bond donors (Lipinski definition) is 0. The van der Waals surface area contributed by atoms with Gasteiger partial charge in [-0.15, -0.1) is 0 Å². The van der Waals surface area contributed by atoms with Crippen LogP contribution in [0.3, 0.4) is 0 Å². The van der Waals surface area contributed by atoms with Gasteiger partial charge in [0.1, 0.15) is 0 Å². The third kappa shape index (κ3) is 1.97. The minimum absolute atomic E-state index is 0.544. The van der Waals surface area contributed by atoms with Crippen molar-refractivity contribution in [3.8, 4) is 0 Å². The molecule has 2 nitrogen and oxygen atoms in total. The van der Waals surface area contributed by atoms with Crippen LogP contribution < -0.4 is 0 Å². The predicted octanol–water partition coefficient (Wildman–Crippen LogP) is 2.69. The van der Waals surface area contributed by atoms with Crippen molar-refractivity contribution in [3.63, 3.8) is 0 Å². The van der Waals surface area contributed by atoms with Crippen LogP contribution in [-0.4, -0.2) is 13.2 Å². The minimum atomic E-state index is -0.544. The average Bonchev–Trinajstić information content (AvgIpc) is 2.46. The zero-order valence-corrected chi connectivity index (χ0v) is 8.53. The van der Waals surface area contributed by atoms with Gasteiger partial charge in [0.25, 0.3) is 0 Å². The summed E-state index contributed by atoms with van der Waals surface area (Å²) in [6.07, 6.45) is 2.17. The Morgan fingerprint density at radius 3 is 2.14 bits per heavy atom. The molecule has 1 fully saturated rings. The van der Waals surface area contributed by atoms with Gasteiger partial charge in [0.15, 0.2) is 5.79 Å². The molecule has 0 atom stereocenters. The molecule has 0 aliphatic carbocycles. The van der Waals surface area contributed by atoms with Crippen molar-refractivity contribution >= 4 is 0 Å². The molecule has 1 saturated heterocycles. The largest absolute Gasteiger partial charge is 0.346 e. The van der Waals surface area contributed by atoms with Crippen LogP contribution in [0.25, 0.3) is 0 Å². The van der Waals surface area contributed by atoms with Crippen molar-refractivity contribution in [3.05, 3.63) is 35.9 Å². The van der Waals surface area contributed by atoms with Gasteiger partial charge in [0.05, 0.1) is 13.2 Å². The molecule has 1 aliphatic rings. The summed E-state index contributed by atoms with van der Waals surface area (Å²) in [6.45, 7) is 3.56. The van der Waals surface area contributed by atoms with E-state index in [0.29, 0.717) is 0 Å². The van der Waals surface area contributed by atoms with Gasteiger partial charge in [-0.2, -0.15) is 0 Å². The standard InChI is InChI=1S/C12H16O2/c1-12(11-7-3-2-4-8-11)13-9-5-6-10-14-12/h2-4,7-8H,5-6,9-10H2,1H3. The highest BCUT2D eigenvalue weighted by Gasteiger charge is 2.29. The Bertz CT molecular complexity index is 274. The summed E-state index contributed by atoms with van der Waals surface area (Å²) in [7, 11) is 0. The summed E-state index contributed by atoms with van der Waals surface area (Å²) < 4.78 is 11.5. The average molecular weight is 192 g/mol. The van der Waals surface area contributed by atoms with Crippen molar-refractivity contribution in [2.75, 3.05) is 13.2 Å². The summed E-state index contributed by atoms with van der Waals surface area (Å²) in [5.41, 5.74) is 1.10. The molecule has 0 radical (unpaired) electrons. The van der Waals surface area contributed by atoms with Crippen molar-refractivity contribution in [2.24, 2.45) is 0 Å². The van der Waals surface area contributed by atoms with Crippen molar-refractivity contribution < 1.29 is 9.47 Å². The highest BCUT2D eigenvalue weighted by Crippen LogP contribution is 2.29. The second kappa shape index (κ2) is 4.11. The molecule has 1 aromatic carbocycles. The molecular formula is C12H16O2. The first-order valence-corrected chi connectivity index (χ1v) is 5.15.